The van der Waals surface area contributed by atoms with Crippen molar-refractivity contribution >= 4 is 34.8 Å². The second kappa shape index (κ2) is 6.44. The molecule has 0 atom stereocenters. The van der Waals surface area contributed by atoms with Crippen LogP contribution in [0.1, 0.15) is 5.56 Å². The zero-order chi connectivity index (χ0) is 11.3. The van der Waals surface area contributed by atoms with Gasteiger partial charge in [0, 0.05) is 29.6 Å². The van der Waals surface area contributed by atoms with Gasteiger partial charge in [-0.1, -0.05) is 23.2 Å². The number of hydrogen-bond donors (Lipinski definition) is 1. The van der Waals surface area contributed by atoms with Gasteiger partial charge in [0.05, 0.1) is 12.1 Å². The van der Waals surface area contributed by atoms with E-state index in [1.807, 2.05) is 6.07 Å². The average Bonchev–Trinajstić information content (AvgIpc) is 2.17. The molecule has 0 saturated carbocycles. The van der Waals surface area contributed by atoms with Crippen LogP contribution in [0.2, 0.25) is 10.0 Å². The second-order valence-corrected chi connectivity index (χ2v) is 4.17. The van der Waals surface area contributed by atoms with Crippen LogP contribution >= 0.6 is 34.8 Å². The highest BCUT2D eigenvalue weighted by atomic mass is 35.5. The Kier molecular flexibility index (Phi) is 5.54. The fourth-order valence-corrected chi connectivity index (χ4v) is 2.01. The zero-order valence-corrected chi connectivity index (χ0v) is 10.6. The number of benzene rings is 1. The molecule has 0 spiro atoms. The Morgan fingerprint density at radius 2 is 2.07 bits per heavy atom. The van der Waals surface area contributed by atoms with E-state index in [9.17, 15) is 0 Å². The lowest BCUT2D eigenvalue weighted by Gasteiger charge is -2.11. The van der Waals surface area contributed by atoms with Gasteiger partial charge in [-0.25, -0.2) is 0 Å². The first kappa shape index (κ1) is 12.9. The van der Waals surface area contributed by atoms with Crippen molar-refractivity contribution in [1.82, 2.24) is 5.32 Å². The molecule has 0 radical (unpaired) electrons. The Morgan fingerprint density at radius 1 is 1.33 bits per heavy atom. The monoisotopic (exact) mass is 267 g/mol. The number of halogens is 3. The molecule has 15 heavy (non-hydrogen) atoms. The molecule has 5 heteroatoms. The highest BCUT2D eigenvalue weighted by molar-refractivity contribution is 6.35. The molecule has 0 heterocycles. The number of hydrogen-bond acceptors (Lipinski definition) is 2. The SMILES string of the molecule is COc1c(Cl)cc(Cl)cc1CNCCCl. The van der Waals surface area contributed by atoms with Crippen molar-refractivity contribution in [2.75, 3.05) is 19.5 Å². The minimum Gasteiger partial charge on any atom is -0.495 e. The molecule has 0 aliphatic carbocycles. The molecule has 84 valence electrons. The van der Waals surface area contributed by atoms with E-state index in [1.165, 1.54) is 0 Å². The van der Waals surface area contributed by atoms with Crippen molar-refractivity contribution in [2.45, 2.75) is 6.54 Å². The van der Waals surface area contributed by atoms with E-state index in [4.69, 9.17) is 39.5 Å². The highest BCUT2D eigenvalue weighted by Gasteiger charge is 2.08. The minimum absolute atomic E-state index is 0.521. The van der Waals surface area contributed by atoms with Crippen molar-refractivity contribution < 1.29 is 4.74 Å². The summed E-state index contributed by atoms with van der Waals surface area (Å²) in [6.07, 6.45) is 0. The molecule has 0 amide bonds. The van der Waals surface area contributed by atoms with Gasteiger partial charge in [0.1, 0.15) is 5.75 Å². The first-order valence-electron chi connectivity index (χ1n) is 4.47. The molecule has 0 aromatic heterocycles. The summed E-state index contributed by atoms with van der Waals surface area (Å²) in [5, 5.41) is 4.27. The van der Waals surface area contributed by atoms with Crippen LogP contribution in [0.4, 0.5) is 0 Å². The van der Waals surface area contributed by atoms with Crippen LogP contribution in [-0.4, -0.2) is 19.5 Å². The number of rotatable bonds is 5. The summed E-state index contributed by atoms with van der Waals surface area (Å²) in [6.45, 7) is 1.37. The number of ether oxygens (including phenoxy) is 1. The van der Waals surface area contributed by atoms with E-state index in [0.717, 1.165) is 12.1 Å². The molecule has 1 aromatic rings. The maximum absolute atomic E-state index is 5.98. The smallest absolute Gasteiger partial charge is 0.142 e. The number of nitrogens with one attached hydrogen (secondary N) is 1. The Bertz CT molecular complexity index is 331. The second-order valence-electron chi connectivity index (χ2n) is 2.95. The summed E-state index contributed by atoms with van der Waals surface area (Å²) < 4.78 is 5.20. The molecule has 0 bridgehead atoms. The normalized spacial score (nSPS) is 10.4. The van der Waals surface area contributed by atoms with Crippen LogP contribution in [0.25, 0.3) is 0 Å². The van der Waals surface area contributed by atoms with Gasteiger partial charge in [-0.3, -0.25) is 0 Å². The van der Waals surface area contributed by atoms with Crippen molar-refractivity contribution in [1.29, 1.82) is 0 Å². The van der Waals surface area contributed by atoms with Gasteiger partial charge in [0.2, 0.25) is 0 Å². The van der Waals surface area contributed by atoms with E-state index in [1.54, 1.807) is 13.2 Å². The van der Waals surface area contributed by atoms with E-state index < -0.39 is 0 Å². The predicted octanol–water partition coefficient (Wildman–Crippen LogP) is 3.33. The van der Waals surface area contributed by atoms with Crippen LogP contribution in [0, 0.1) is 0 Å². The standard InChI is InChI=1S/C10H12Cl3NO/c1-15-10-7(6-14-3-2-11)4-8(12)5-9(10)13/h4-5,14H,2-3,6H2,1H3. The fourth-order valence-electron chi connectivity index (χ4n) is 1.26. The number of methoxy groups -OCH3 is 1. The third-order valence-corrected chi connectivity index (χ3v) is 2.56. The van der Waals surface area contributed by atoms with Crippen LogP contribution in [0.15, 0.2) is 12.1 Å². The Hall–Kier alpha value is -0.150. The Morgan fingerprint density at radius 3 is 2.67 bits per heavy atom. The summed E-state index contributed by atoms with van der Waals surface area (Å²) in [5.41, 5.74) is 0.931. The lowest BCUT2D eigenvalue weighted by molar-refractivity contribution is 0.408. The van der Waals surface area contributed by atoms with Crippen molar-refractivity contribution in [2.24, 2.45) is 0 Å². The van der Waals surface area contributed by atoms with Crippen molar-refractivity contribution in [3.05, 3.63) is 27.7 Å². The highest BCUT2D eigenvalue weighted by Crippen LogP contribution is 2.31. The molecule has 0 fully saturated rings. The van der Waals surface area contributed by atoms with Gasteiger partial charge in [0.25, 0.3) is 0 Å². The van der Waals surface area contributed by atoms with Gasteiger partial charge in [0.15, 0.2) is 0 Å². The van der Waals surface area contributed by atoms with Crippen molar-refractivity contribution in [3.8, 4) is 5.75 Å². The summed E-state index contributed by atoms with van der Waals surface area (Å²) in [6, 6.07) is 3.49. The van der Waals surface area contributed by atoms with Gasteiger partial charge >= 0.3 is 0 Å². The topological polar surface area (TPSA) is 21.3 Å². The Balaban J connectivity index is 2.84. The largest absolute Gasteiger partial charge is 0.495 e. The quantitative estimate of drug-likeness (QED) is 0.653. The molecular formula is C10H12Cl3NO. The molecule has 2 nitrogen and oxygen atoms in total. The zero-order valence-electron chi connectivity index (χ0n) is 8.32. The van der Waals surface area contributed by atoms with Crippen LogP contribution in [0.5, 0.6) is 5.75 Å². The third-order valence-electron chi connectivity index (χ3n) is 1.88. The molecule has 1 rings (SSSR count). The predicted molar refractivity (Wildman–Crippen MR) is 65.4 cm³/mol. The van der Waals surface area contributed by atoms with Gasteiger partial charge in [-0.2, -0.15) is 0 Å². The summed E-state index contributed by atoms with van der Waals surface area (Å²) >= 11 is 17.4. The van der Waals surface area contributed by atoms with Gasteiger partial charge < -0.3 is 10.1 Å². The van der Waals surface area contributed by atoms with Crippen molar-refractivity contribution in [3.63, 3.8) is 0 Å². The minimum atomic E-state index is 0.521. The number of alkyl halides is 1. The van der Waals surface area contributed by atoms with Gasteiger partial charge in [-0.15, -0.1) is 11.6 Å². The van der Waals surface area contributed by atoms with E-state index in [-0.39, 0.29) is 0 Å². The first-order valence-corrected chi connectivity index (χ1v) is 5.76. The van der Waals surface area contributed by atoms with Gasteiger partial charge in [-0.05, 0) is 12.1 Å². The lowest BCUT2D eigenvalue weighted by Crippen LogP contribution is -2.16. The summed E-state index contributed by atoms with van der Waals surface area (Å²) in [4.78, 5) is 0. The van der Waals surface area contributed by atoms with Crippen LogP contribution in [0.3, 0.4) is 0 Å². The van der Waals surface area contributed by atoms with E-state index in [0.29, 0.717) is 28.2 Å². The van der Waals surface area contributed by atoms with E-state index in [2.05, 4.69) is 5.32 Å². The molecule has 0 aliphatic heterocycles. The lowest BCUT2D eigenvalue weighted by atomic mass is 10.2. The maximum Gasteiger partial charge on any atom is 0.142 e. The fraction of sp³-hybridized carbons (Fsp3) is 0.400. The molecular weight excluding hydrogens is 256 g/mol. The molecule has 1 aromatic carbocycles. The molecule has 0 unspecified atom stereocenters. The molecule has 0 aliphatic rings. The van der Waals surface area contributed by atoms with Crippen LogP contribution < -0.4 is 10.1 Å². The van der Waals surface area contributed by atoms with Crippen LogP contribution in [-0.2, 0) is 6.54 Å². The van der Waals surface area contributed by atoms with E-state index >= 15 is 0 Å². The third kappa shape index (κ3) is 3.72. The molecule has 0 saturated heterocycles. The first-order chi connectivity index (χ1) is 7.19. The molecule has 1 N–H and O–H groups in total. The summed E-state index contributed by atoms with van der Waals surface area (Å²) in [7, 11) is 1.58. The summed E-state index contributed by atoms with van der Waals surface area (Å²) in [5.74, 6) is 1.22. The maximum atomic E-state index is 5.98. The Labute approximate surface area is 104 Å². The average molecular weight is 269 g/mol.